The highest BCUT2D eigenvalue weighted by atomic mass is 19.1. The van der Waals surface area contributed by atoms with E-state index in [9.17, 15) is 4.39 Å². The van der Waals surface area contributed by atoms with Gasteiger partial charge in [0.2, 0.25) is 5.88 Å². The van der Waals surface area contributed by atoms with Gasteiger partial charge in [-0.1, -0.05) is 5.16 Å². The van der Waals surface area contributed by atoms with Crippen LogP contribution in [0.15, 0.2) is 22.9 Å². The van der Waals surface area contributed by atoms with E-state index in [0.29, 0.717) is 22.6 Å². The van der Waals surface area contributed by atoms with E-state index in [4.69, 9.17) is 19.7 Å². The number of benzene rings is 1. The Morgan fingerprint density at radius 2 is 2.16 bits per heavy atom. The maximum absolute atomic E-state index is 13.6. The molecule has 1 aliphatic carbocycles. The normalized spacial score (nSPS) is 14.4. The molecule has 5 nitrogen and oxygen atoms in total. The van der Waals surface area contributed by atoms with Crippen LogP contribution in [0, 0.1) is 5.82 Å². The van der Waals surface area contributed by atoms with Gasteiger partial charge in [0.05, 0.1) is 25.0 Å². The van der Waals surface area contributed by atoms with Crippen LogP contribution in [0.2, 0.25) is 0 Å². The third kappa shape index (κ3) is 2.21. The molecule has 1 aromatic heterocycles. The Morgan fingerprint density at radius 3 is 2.74 bits per heavy atom. The molecule has 0 radical (unpaired) electrons. The van der Waals surface area contributed by atoms with Crippen molar-refractivity contribution in [1.82, 2.24) is 5.16 Å². The van der Waals surface area contributed by atoms with Crippen molar-refractivity contribution in [2.45, 2.75) is 18.9 Å². The highest BCUT2D eigenvalue weighted by Gasteiger charge is 2.28. The lowest BCUT2D eigenvalue weighted by Crippen LogP contribution is -2.01. The molecule has 1 fully saturated rings. The Labute approximate surface area is 109 Å². The third-order valence-electron chi connectivity index (χ3n) is 2.94. The molecule has 0 aliphatic heterocycles. The molecule has 1 heterocycles. The topological polar surface area (TPSA) is 70.5 Å². The minimum atomic E-state index is -0.435. The molecule has 0 bridgehead atoms. The first-order chi connectivity index (χ1) is 9.19. The summed E-state index contributed by atoms with van der Waals surface area (Å²) in [5, 5.41) is 3.60. The summed E-state index contributed by atoms with van der Waals surface area (Å²) >= 11 is 0. The number of methoxy groups -OCH3 is 1. The van der Waals surface area contributed by atoms with E-state index < -0.39 is 5.82 Å². The third-order valence-corrected chi connectivity index (χ3v) is 2.94. The lowest BCUT2D eigenvalue weighted by Gasteiger charge is -2.14. The van der Waals surface area contributed by atoms with Crippen LogP contribution < -0.4 is 15.2 Å². The van der Waals surface area contributed by atoms with E-state index in [1.807, 2.05) is 0 Å². The average Bonchev–Trinajstić information content (AvgIpc) is 3.11. The Hall–Kier alpha value is -2.24. The van der Waals surface area contributed by atoms with Gasteiger partial charge < -0.3 is 19.7 Å². The highest BCUT2D eigenvalue weighted by molar-refractivity contribution is 5.79. The summed E-state index contributed by atoms with van der Waals surface area (Å²) in [5.74, 6) is 0.493. The van der Waals surface area contributed by atoms with Crippen LogP contribution in [0.4, 0.5) is 10.3 Å². The van der Waals surface area contributed by atoms with E-state index in [2.05, 4.69) is 5.16 Å². The van der Waals surface area contributed by atoms with Gasteiger partial charge in [-0.15, -0.1) is 0 Å². The second-order valence-corrected chi connectivity index (χ2v) is 4.41. The minimum absolute atomic E-state index is 0.119. The number of hydrogen-bond donors (Lipinski definition) is 1. The summed E-state index contributed by atoms with van der Waals surface area (Å²) in [7, 11) is 1.47. The second kappa shape index (κ2) is 4.46. The number of nitrogens with two attached hydrogens (primary N) is 1. The van der Waals surface area contributed by atoms with E-state index >= 15 is 0 Å². The van der Waals surface area contributed by atoms with Crippen molar-refractivity contribution in [2.75, 3.05) is 12.8 Å². The van der Waals surface area contributed by atoms with Gasteiger partial charge in [-0.25, -0.2) is 4.39 Å². The largest absolute Gasteiger partial charge is 0.493 e. The molecule has 2 aromatic rings. The number of rotatable bonds is 4. The lowest BCUT2D eigenvalue weighted by atomic mass is 10.1. The van der Waals surface area contributed by atoms with Crippen molar-refractivity contribution in [1.29, 1.82) is 0 Å². The summed E-state index contributed by atoms with van der Waals surface area (Å²) in [4.78, 5) is 0. The Bertz CT molecular complexity index is 608. The fourth-order valence-electron chi connectivity index (χ4n) is 1.85. The summed E-state index contributed by atoms with van der Waals surface area (Å²) in [5.41, 5.74) is 6.66. The van der Waals surface area contributed by atoms with Crippen molar-refractivity contribution in [3.05, 3.63) is 24.1 Å². The molecule has 0 atom stereocenters. The van der Waals surface area contributed by atoms with Gasteiger partial charge >= 0.3 is 0 Å². The number of nitrogens with zero attached hydrogens (tertiary/aromatic N) is 1. The molecule has 0 saturated heterocycles. The molecular weight excluding hydrogens is 251 g/mol. The standard InChI is InChI=1S/C13H13FN2O3/c1-17-11-5-7(14)4-9(10-6-16-19-13(10)15)12(11)18-8-2-3-8/h4-6,8H,2-3,15H2,1H3. The van der Waals surface area contributed by atoms with Crippen molar-refractivity contribution in [2.24, 2.45) is 0 Å². The molecular formula is C13H13FN2O3. The van der Waals surface area contributed by atoms with Crippen LogP contribution in [0.5, 0.6) is 11.5 Å². The van der Waals surface area contributed by atoms with Crippen LogP contribution in [-0.2, 0) is 0 Å². The summed E-state index contributed by atoms with van der Waals surface area (Å²) < 4.78 is 29.4. The first-order valence-electron chi connectivity index (χ1n) is 5.93. The smallest absolute Gasteiger partial charge is 0.230 e. The zero-order valence-electron chi connectivity index (χ0n) is 10.4. The molecule has 1 saturated carbocycles. The molecule has 3 rings (SSSR count). The van der Waals surface area contributed by atoms with E-state index in [1.165, 1.54) is 25.4 Å². The monoisotopic (exact) mass is 264 g/mol. The second-order valence-electron chi connectivity index (χ2n) is 4.41. The zero-order valence-corrected chi connectivity index (χ0v) is 10.4. The molecule has 2 N–H and O–H groups in total. The predicted molar refractivity (Wildman–Crippen MR) is 66.5 cm³/mol. The highest BCUT2D eigenvalue weighted by Crippen LogP contribution is 2.43. The Balaban J connectivity index is 2.14. The molecule has 6 heteroatoms. The zero-order chi connectivity index (χ0) is 13.4. The van der Waals surface area contributed by atoms with E-state index in [-0.39, 0.29) is 12.0 Å². The van der Waals surface area contributed by atoms with E-state index in [0.717, 1.165) is 12.8 Å². The van der Waals surface area contributed by atoms with Crippen molar-refractivity contribution in [3.63, 3.8) is 0 Å². The Morgan fingerprint density at radius 1 is 1.37 bits per heavy atom. The number of ether oxygens (including phenoxy) is 2. The first-order valence-corrected chi connectivity index (χ1v) is 5.93. The predicted octanol–water partition coefficient (Wildman–Crippen LogP) is 2.61. The van der Waals surface area contributed by atoms with Crippen LogP contribution in [0.25, 0.3) is 11.1 Å². The summed E-state index contributed by atoms with van der Waals surface area (Å²) in [6, 6.07) is 2.62. The molecule has 100 valence electrons. The van der Waals surface area contributed by atoms with Gasteiger partial charge in [-0.3, -0.25) is 0 Å². The van der Waals surface area contributed by atoms with Crippen LogP contribution in [0.1, 0.15) is 12.8 Å². The molecule has 1 aliphatic rings. The molecule has 0 amide bonds. The minimum Gasteiger partial charge on any atom is -0.493 e. The summed E-state index contributed by atoms with van der Waals surface area (Å²) in [6.07, 6.45) is 3.56. The molecule has 19 heavy (non-hydrogen) atoms. The van der Waals surface area contributed by atoms with Crippen molar-refractivity contribution < 1.29 is 18.4 Å². The maximum Gasteiger partial charge on any atom is 0.230 e. The number of aromatic nitrogens is 1. The van der Waals surface area contributed by atoms with Gasteiger partial charge in [0.15, 0.2) is 11.5 Å². The fraction of sp³-hybridized carbons (Fsp3) is 0.308. The first kappa shape index (κ1) is 11.8. The molecule has 0 unspecified atom stereocenters. The van der Waals surface area contributed by atoms with Crippen LogP contribution in [0.3, 0.4) is 0 Å². The number of anilines is 1. The van der Waals surface area contributed by atoms with Crippen molar-refractivity contribution in [3.8, 4) is 22.6 Å². The van der Waals surface area contributed by atoms with Crippen LogP contribution >= 0.6 is 0 Å². The SMILES string of the molecule is COc1cc(F)cc(-c2cnoc2N)c1OC1CC1. The summed E-state index contributed by atoms with van der Waals surface area (Å²) in [6.45, 7) is 0. The quantitative estimate of drug-likeness (QED) is 0.919. The van der Waals surface area contributed by atoms with Gasteiger partial charge in [0.1, 0.15) is 5.82 Å². The maximum atomic E-state index is 13.6. The van der Waals surface area contributed by atoms with Gasteiger partial charge in [0, 0.05) is 11.6 Å². The number of halogens is 1. The number of hydrogen-bond acceptors (Lipinski definition) is 5. The van der Waals surface area contributed by atoms with Gasteiger partial charge in [-0.05, 0) is 18.9 Å². The molecule has 1 aromatic carbocycles. The lowest BCUT2D eigenvalue weighted by molar-refractivity contribution is 0.282. The molecule has 0 spiro atoms. The van der Waals surface area contributed by atoms with Gasteiger partial charge in [-0.2, -0.15) is 0 Å². The van der Waals surface area contributed by atoms with E-state index in [1.54, 1.807) is 0 Å². The fourth-order valence-corrected chi connectivity index (χ4v) is 1.85. The average molecular weight is 264 g/mol. The van der Waals surface area contributed by atoms with Gasteiger partial charge in [0.25, 0.3) is 0 Å². The van der Waals surface area contributed by atoms with Crippen LogP contribution in [-0.4, -0.2) is 18.4 Å². The Kier molecular flexibility index (Phi) is 2.77. The number of nitrogen functional groups attached to an aromatic ring is 1. The van der Waals surface area contributed by atoms with Crippen molar-refractivity contribution >= 4 is 5.88 Å².